The Morgan fingerprint density at radius 2 is 1.04 bits per heavy atom. The number of hydrogen-bond acceptors (Lipinski definition) is 4. The largest absolute Gasteiger partial charge is 0.496 e. The molecule has 2 N–H and O–H groups in total. The summed E-state index contributed by atoms with van der Waals surface area (Å²) in [7, 11) is 1.69. The van der Waals surface area contributed by atoms with Gasteiger partial charge in [-0.25, -0.2) is 0 Å². The lowest BCUT2D eigenvalue weighted by atomic mass is 9.72. The number of ether oxygens (including phenoxy) is 2. The molecule has 0 aromatic heterocycles. The molecule has 0 unspecified atom stereocenters. The van der Waals surface area contributed by atoms with E-state index in [0.717, 1.165) is 32.7 Å². The van der Waals surface area contributed by atoms with Gasteiger partial charge in [-0.1, -0.05) is 54.6 Å². The van der Waals surface area contributed by atoms with E-state index in [9.17, 15) is 10.0 Å². The molecule has 27 heavy (non-hydrogen) atoms. The molecule has 4 aromatic carbocycles. The zero-order valence-electron chi connectivity index (χ0n) is 15.1. The molecule has 0 heterocycles. The molecular weight excluding hydrogens is 339 g/mol. The van der Waals surface area contributed by atoms with Crippen molar-refractivity contribution in [1.29, 1.82) is 0 Å². The van der Waals surface area contributed by atoms with Gasteiger partial charge >= 0.3 is 7.12 Å². The van der Waals surface area contributed by atoms with E-state index in [1.54, 1.807) is 14.2 Å². The molecule has 0 aliphatic rings. The average molecular weight is 358 g/mol. The van der Waals surface area contributed by atoms with Crippen LogP contribution in [0.15, 0.2) is 66.7 Å². The van der Waals surface area contributed by atoms with Crippen LogP contribution < -0.4 is 14.9 Å². The third-order valence-electron chi connectivity index (χ3n) is 4.91. The molecule has 0 amide bonds. The van der Waals surface area contributed by atoms with Gasteiger partial charge in [-0.3, -0.25) is 0 Å². The SMILES string of the molecule is COc1cccc(OC)c1-c1c2ccccc2c(B(O)O)c2ccccc12. The average Bonchev–Trinajstić information content (AvgIpc) is 2.71. The van der Waals surface area contributed by atoms with Crippen LogP contribution in [-0.4, -0.2) is 31.4 Å². The van der Waals surface area contributed by atoms with E-state index >= 15 is 0 Å². The first-order chi connectivity index (χ1) is 13.2. The molecule has 0 bridgehead atoms. The first kappa shape index (κ1) is 17.4. The second-order valence-electron chi connectivity index (χ2n) is 6.29. The number of rotatable bonds is 4. The van der Waals surface area contributed by atoms with Crippen LogP contribution in [0.25, 0.3) is 32.7 Å². The van der Waals surface area contributed by atoms with Crippen molar-refractivity contribution in [3.05, 3.63) is 66.7 Å². The van der Waals surface area contributed by atoms with E-state index in [2.05, 4.69) is 0 Å². The quantitative estimate of drug-likeness (QED) is 0.434. The van der Waals surface area contributed by atoms with Crippen molar-refractivity contribution in [1.82, 2.24) is 0 Å². The summed E-state index contributed by atoms with van der Waals surface area (Å²) in [5.74, 6) is 1.39. The van der Waals surface area contributed by atoms with E-state index in [1.807, 2.05) is 66.7 Å². The highest BCUT2D eigenvalue weighted by Gasteiger charge is 2.24. The molecule has 0 saturated heterocycles. The topological polar surface area (TPSA) is 58.9 Å². The Balaban J connectivity index is 2.28. The standard InChI is InChI=1S/C22H19BO4/c1-26-18-12-7-13-19(27-2)21(18)20-14-8-3-5-10-16(14)22(23(24)25)17-11-6-4-9-15(17)20/h3-13,24-25H,1-2H3. The Morgan fingerprint density at radius 3 is 1.44 bits per heavy atom. The van der Waals surface area contributed by atoms with Crippen LogP contribution in [0.3, 0.4) is 0 Å². The molecule has 0 spiro atoms. The number of methoxy groups -OCH3 is 2. The van der Waals surface area contributed by atoms with Crippen LogP contribution in [0, 0.1) is 0 Å². The van der Waals surface area contributed by atoms with Crippen LogP contribution in [-0.2, 0) is 0 Å². The fraction of sp³-hybridized carbons (Fsp3) is 0.0909. The summed E-state index contributed by atoms with van der Waals surface area (Å²) in [6.45, 7) is 0. The van der Waals surface area contributed by atoms with Crippen molar-refractivity contribution in [3.8, 4) is 22.6 Å². The predicted octanol–water partition coefficient (Wildman–Crippen LogP) is 3.36. The third kappa shape index (κ3) is 2.72. The third-order valence-corrected chi connectivity index (χ3v) is 4.91. The van der Waals surface area contributed by atoms with Gasteiger partial charge in [0.15, 0.2) is 0 Å². The van der Waals surface area contributed by atoms with Gasteiger partial charge in [0.05, 0.1) is 19.8 Å². The maximum atomic E-state index is 10.1. The maximum absolute atomic E-state index is 10.1. The minimum absolute atomic E-state index is 0.499. The summed E-state index contributed by atoms with van der Waals surface area (Å²) in [6.07, 6.45) is 0. The number of hydrogen-bond donors (Lipinski definition) is 2. The lowest BCUT2D eigenvalue weighted by molar-refractivity contribution is 0.397. The second kappa shape index (κ2) is 6.95. The molecule has 4 rings (SSSR count). The van der Waals surface area contributed by atoms with E-state index < -0.39 is 7.12 Å². The van der Waals surface area contributed by atoms with E-state index in [-0.39, 0.29) is 0 Å². The van der Waals surface area contributed by atoms with Crippen molar-refractivity contribution in [2.24, 2.45) is 0 Å². The molecule has 0 atom stereocenters. The van der Waals surface area contributed by atoms with Gasteiger partial charge < -0.3 is 19.5 Å². The van der Waals surface area contributed by atoms with Gasteiger partial charge in [-0.15, -0.1) is 0 Å². The van der Waals surface area contributed by atoms with Crippen molar-refractivity contribution in [2.45, 2.75) is 0 Å². The fourth-order valence-corrected chi connectivity index (χ4v) is 3.81. The van der Waals surface area contributed by atoms with E-state index in [0.29, 0.717) is 17.0 Å². The molecule has 0 aliphatic heterocycles. The van der Waals surface area contributed by atoms with Crippen LogP contribution in [0.1, 0.15) is 0 Å². The maximum Gasteiger partial charge on any atom is 0.489 e. The van der Waals surface area contributed by atoms with Gasteiger partial charge in [0, 0.05) is 5.56 Å². The van der Waals surface area contributed by atoms with Crippen LogP contribution in [0.5, 0.6) is 11.5 Å². The van der Waals surface area contributed by atoms with Gasteiger partial charge in [0.25, 0.3) is 0 Å². The molecule has 0 radical (unpaired) electrons. The Labute approximate surface area is 157 Å². The van der Waals surface area contributed by atoms with Gasteiger partial charge in [-0.2, -0.15) is 0 Å². The van der Waals surface area contributed by atoms with Gasteiger partial charge in [0.1, 0.15) is 11.5 Å². The highest BCUT2D eigenvalue weighted by Crippen LogP contribution is 2.44. The summed E-state index contributed by atoms with van der Waals surface area (Å²) in [5.41, 5.74) is 2.28. The van der Waals surface area contributed by atoms with Crippen molar-refractivity contribution >= 4 is 34.1 Å². The van der Waals surface area contributed by atoms with E-state index in [1.165, 1.54) is 0 Å². The zero-order valence-corrected chi connectivity index (χ0v) is 15.1. The van der Waals surface area contributed by atoms with Crippen molar-refractivity contribution in [3.63, 3.8) is 0 Å². The second-order valence-corrected chi connectivity index (χ2v) is 6.29. The summed E-state index contributed by atoms with van der Waals surface area (Å²) >= 11 is 0. The zero-order chi connectivity index (χ0) is 19.0. The lowest BCUT2D eigenvalue weighted by Crippen LogP contribution is -2.31. The number of fused-ring (bicyclic) bond motifs is 2. The van der Waals surface area contributed by atoms with E-state index in [4.69, 9.17) is 9.47 Å². The minimum Gasteiger partial charge on any atom is -0.496 e. The smallest absolute Gasteiger partial charge is 0.489 e. The molecule has 0 aliphatic carbocycles. The van der Waals surface area contributed by atoms with Crippen molar-refractivity contribution in [2.75, 3.05) is 14.2 Å². The molecule has 134 valence electrons. The molecule has 4 nitrogen and oxygen atoms in total. The van der Waals surface area contributed by atoms with Crippen LogP contribution in [0.4, 0.5) is 0 Å². The predicted molar refractivity (Wildman–Crippen MR) is 110 cm³/mol. The normalized spacial score (nSPS) is 11.0. The first-order valence-corrected chi connectivity index (χ1v) is 8.68. The minimum atomic E-state index is -1.58. The number of benzene rings is 4. The molecule has 5 heteroatoms. The Bertz CT molecular complexity index is 1060. The Kier molecular flexibility index (Phi) is 4.48. The molecule has 4 aromatic rings. The highest BCUT2D eigenvalue weighted by atomic mass is 16.5. The summed E-state index contributed by atoms with van der Waals surface area (Å²) in [5, 5.41) is 23.6. The first-order valence-electron chi connectivity index (χ1n) is 8.68. The van der Waals surface area contributed by atoms with Gasteiger partial charge in [0.2, 0.25) is 0 Å². The molecule has 0 saturated carbocycles. The fourth-order valence-electron chi connectivity index (χ4n) is 3.81. The molecule has 0 fully saturated rings. The summed E-state index contributed by atoms with van der Waals surface area (Å²) < 4.78 is 11.3. The Hall–Kier alpha value is -3.02. The monoisotopic (exact) mass is 358 g/mol. The van der Waals surface area contributed by atoms with Gasteiger partial charge in [-0.05, 0) is 39.1 Å². The molecular formula is C22H19BO4. The summed E-state index contributed by atoms with van der Waals surface area (Å²) in [4.78, 5) is 0. The van der Waals surface area contributed by atoms with Crippen molar-refractivity contribution < 1.29 is 19.5 Å². The summed E-state index contributed by atoms with van der Waals surface area (Å²) in [6, 6.07) is 21.1. The van der Waals surface area contributed by atoms with Crippen LogP contribution in [0.2, 0.25) is 0 Å². The highest BCUT2D eigenvalue weighted by molar-refractivity contribution is 6.66. The Morgan fingerprint density at radius 1 is 0.593 bits per heavy atom. The van der Waals surface area contributed by atoms with Crippen LogP contribution >= 0.6 is 0 Å². The lowest BCUT2D eigenvalue weighted by Gasteiger charge is -2.20.